The standard InChI is InChI=1S/C13H18F2N4O/c14-13(15)2-4-19(5-3-13)11-7-10(17-12(16)18-11)9-1-6-20-8-9/h7,9H,1-6,8H2,(H2,16,17,18)/t9-/m0/s1. The number of ether oxygens (including phenoxy) is 1. The molecule has 1 aromatic rings. The lowest BCUT2D eigenvalue weighted by molar-refractivity contribution is -0.0221. The first-order valence-corrected chi connectivity index (χ1v) is 6.88. The van der Waals surface area contributed by atoms with Crippen LogP contribution in [0.25, 0.3) is 0 Å². The molecule has 0 aliphatic carbocycles. The zero-order valence-electron chi connectivity index (χ0n) is 11.2. The van der Waals surface area contributed by atoms with E-state index in [4.69, 9.17) is 10.5 Å². The summed E-state index contributed by atoms with van der Waals surface area (Å²) in [5, 5.41) is 0. The van der Waals surface area contributed by atoms with Crippen LogP contribution < -0.4 is 10.6 Å². The van der Waals surface area contributed by atoms with Gasteiger partial charge in [0.2, 0.25) is 5.95 Å². The van der Waals surface area contributed by atoms with Gasteiger partial charge < -0.3 is 15.4 Å². The first kappa shape index (κ1) is 13.5. The van der Waals surface area contributed by atoms with Gasteiger partial charge in [-0.3, -0.25) is 0 Å². The van der Waals surface area contributed by atoms with Gasteiger partial charge in [-0.05, 0) is 6.42 Å². The third kappa shape index (κ3) is 2.82. The molecule has 2 aliphatic heterocycles. The lowest BCUT2D eigenvalue weighted by Crippen LogP contribution is -2.40. The predicted molar refractivity (Wildman–Crippen MR) is 71.0 cm³/mol. The lowest BCUT2D eigenvalue weighted by Gasteiger charge is -2.32. The topological polar surface area (TPSA) is 64.3 Å². The van der Waals surface area contributed by atoms with Crippen molar-refractivity contribution in [2.45, 2.75) is 31.1 Å². The van der Waals surface area contributed by atoms with E-state index in [1.54, 1.807) is 0 Å². The highest BCUT2D eigenvalue weighted by Crippen LogP contribution is 2.31. The quantitative estimate of drug-likeness (QED) is 0.897. The summed E-state index contributed by atoms with van der Waals surface area (Å²) in [6.45, 7) is 1.95. The second-order valence-electron chi connectivity index (χ2n) is 5.41. The number of rotatable bonds is 2. The molecule has 20 heavy (non-hydrogen) atoms. The molecule has 1 atom stereocenters. The fourth-order valence-corrected chi connectivity index (χ4v) is 2.67. The van der Waals surface area contributed by atoms with Crippen LogP contribution in [0, 0.1) is 0 Å². The van der Waals surface area contributed by atoms with Crippen LogP contribution in [0.2, 0.25) is 0 Å². The van der Waals surface area contributed by atoms with Gasteiger partial charge in [0.05, 0.1) is 12.3 Å². The van der Waals surface area contributed by atoms with Gasteiger partial charge in [0, 0.05) is 44.5 Å². The molecule has 3 heterocycles. The van der Waals surface area contributed by atoms with Crippen LogP contribution in [0.15, 0.2) is 6.07 Å². The van der Waals surface area contributed by atoms with Crippen molar-refractivity contribution in [3.63, 3.8) is 0 Å². The zero-order chi connectivity index (χ0) is 14.2. The minimum absolute atomic E-state index is 0.140. The maximum Gasteiger partial charge on any atom is 0.251 e. The molecule has 1 aromatic heterocycles. The summed E-state index contributed by atoms with van der Waals surface area (Å²) < 4.78 is 31.7. The number of nitrogens with two attached hydrogens (primary N) is 1. The Kier molecular flexibility index (Phi) is 3.45. The summed E-state index contributed by atoms with van der Waals surface area (Å²) in [6.07, 6.45) is 0.630. The molecule has 2 fully saturated rings. The van der Waals surface area contributed by atoms with Gasteiger partial charge in [0.25, 0.3) is 5.92 Å². The van der Waals surface area contributed by atoms with Crippen LogP contribution in [0.5, 0.6) is 0 Å². The number of halogens is 2. The Morgan fingerprint density at radius 3 is 2.70 bits per heavy atom. The molecule has 0 saturated carbocycles. The smallest absolute Gasteiger partial charge is 0.251 e. The van der Waals surface area contributed by atoms with E-state index in [-0.39, 0.29) is 24.7 Å². The zero-order valence-corrected chi connectivity index (χ0v) is 11.2. The molecule has 0 spiro atoms. The van der Waals surface area contributed by atoms with Crippen LogP contribution in [-0.2, 0) is 4.74 Å². The third-order valence-corrected chi connectivity index (χ3v) is 3.92. The largest absolute Gasteiger partial charge is 0.381 e. The van der Waals surface area contributed by atoms with E-state index in [1.165, 1.54) is 0 Å². The molecule has 0 aromatic carbocycles. The molecule has 2 N–H and O–H groups in total. The van der Waals surface area contributed by atoms with Gasteiger partial charge in [-0.15, -0.1) is 0 Å². The summed E-state index contributed by atoms with van der Waals surface area (Å²) in [5.41, 5.74) is 6.60. The second-order valence-corrected chi connectivity index (χ2v) is 5.41. The number of piperidine rings is 1. The highest BCUT2D eigenvalue weighted by atomic mass is 19.3. The lowest BCUT2D eigenvalue weighted by atomic mass is 10.0. The monoisotopic (exact) mass is 284 g/mol. The minimum atomic E-state index is -2.56. The summed E-state index contributed by atoms with van der Waals surface area (Å²) in [6, 6.07) is 1.86. The second kappa shape index (κ2) is 5.12. The maximum absolute atomic E-state index is 13.2. The maximum atomic E-state index is 13.2. The Morgan fingerprint density at radius 1 is 1.30 bits per heavy atom. The van der Waals surface area contributed by atoms with Crippen LogP contribution in [0.3, 0.4) is 0 Å². The summed E-state index contributed by atoms with van der Waals surface area (Å²) in [5.74, 6) is -1.49. The number of anilines is 2. The minimum Gasteiger partial charge on any atom is -0.381 e. The average molecular weight is 284 g/mol. The molecule has 0 amide bonds. The van der Waals surface area contributed by atoms with Gasteiger partial charge in [-0.2, -0.15) is 4.98 Å². The van der Waals surface area contributed by atoms with Gasteiger partial charge in [0.1, 0.15) is 5.82 Å². The molecule has 7 heteroatoms. The van der Waals surface area contributed by atoms with E-state index in [2.05, 4.69) is 9.97 Å². The van der Waals surface area contributed by atoms with Gasteiger partial charge in [-0.25, -0.2) is 13.8 Å². The fourth-order valence-electron chi connectivity index (χ4n) is 2.67. The van der Waals surface area contributed by atoms with Crippen LogP contribution in [0.1, 0.15) is 30.9 Å². The number of alkyl halides is 2. The van der Waals surface area contributed by atoms with Crippen molar-refractivity contribution in [1.29, 1.82) is 0 Å². The van der Waals surface area contributed by atoms with Crippen LogP contribution >= 0.6 is 0 Å². The number of aromatic nitrogens is 2. The Balaban J connectivity index is 1.79. The van der Waals surface area contributed by atoms with Crippen molar-refractivity contribution >= 4 is 11.8 Å². The van der Waals surface area contributed by atoms with Crippen LogP contribution in [0.4, 0.5) is 20.5 Å². The molecule has 3 rings (SSSR count). The first-order chi connectivity index (χ1) is 9.53. The number of nitrogens with zero attached hydrogens (tertiary/aromatic N) is 3. The molecule has 0 unspecified atom stereocenters. The van der Waals surface area contributed by atoms with E-state index in [0.29, 0.717) is 25.5 Å². The van der Waals surface area contributed by atoms with Crippen molar-refractivity contribution in [1.82, 2.24) is 9.97 Å². The van der Waals surface area contributed by atoms with E-state index in [9.17, 15) is 8.78 Å². The Hall–Kier alpha value is -1.50. The molecule has 110 valence electrons. The normalized spacial score (nSPS) is 25.9. The Morgan fingerprint density at radius 2 is 2.05 bits per heavy atom. The van der Waals surface area contributed by atoms with Crippen LogP contribution in [-0.4, -0.2) is 42.2 Å². The first-order valence-electron chi connectivity index (χ1n) is 6.88. The van der Waals surface area contributed by atoms with Gasteiger partial charge in [-0.1, -0.05) is 0 Å². The molecule has 0 radical (unpaired) electrons. The SMILES string of the molecule is Nc1nc([C@H]2CCOC2)cc(N2CCC(F)(F)CC2)n1. The summed E-state index contributed by atoms with van der Waals surface area (Å²) in [4.78, 5) is 10.3. The highest BCUT2D eigenvalue weighted by molar-refractivity contribution is 5.45. The van der Waals surface area contributed by atoms with E-state index >= 15 is 0 Å². The average Bonchev–Trinajstić information content (AvgIpc) is 2.91. The predicted octanol–water partition coefficient (Wildman–Crippen LogP) is 1.80. The van der Waals surface area contributed by atoms with Gasteiger partial charge >= 0.3 is 0 Å². The summed E-state index contributed by atoms with van der Waals surface area (Å²) in [7, 11) is 0. The third-order valence-electron chi connectivity index (χ3n) is 3.92. The Labute approximate surface area is 116 Å². The molecule has 2 aliphatic rings. The van der Waals surface area contributed by atoms with Crippen molar-refractivity contribution in [2.75, 3.05) is 36.9 Å². The molecule has 2 saturated heterocycles. The number of hydrogen-bond donors (Lipinski definition) is 1. The van der Waals surface area contributed by atoms with Crippen molar-refractivity contribution in [3.05, 3.63) is 11.8 Å². The van der Waals surface area contributed by atoms with E-state index < -0.39 is 5.92 Å². The van der Waals surface area contributed by atoms with Crippen molar-refractivity contribution in [2.24, 2.45) is 0 Å². The Bertz CT molecular complexity index is 481. The van der Waals surface area contributed by atoms with Crippen molar-refractivity contribution in [3.8, 4) is 0 Å². The fraction of sp³-hybridized carbons (Fsp3) is 0.692. The number of nitrogen functional groups attached to an aromatic ring is 1. The van der Waals surface area contributed by atoms with E-state index in [0.717, 1.165) is 18.7 Å². The molecular weight excluding hydrogens is 266 g/mol. The molecule has 0 bridgehead atoms. The van der Waals surface area contributed by atoms with Gasteiger partial charge in [0.15, 0.2) is 0 Å². The number of hydrogen-bond acceptors (Lipinski definition) is 5. The van der Waals surface area contributed by atoms with Crippen molar-refractivity contribution < 1.29 is 13.5 Å². The highest BCUT2D eigenvalue weighted by Gasteiger charge is 2.34. The van der Waals surface area contributed by atoms with E-state index in [1.807, 2.05) is 11.0 Å². The molecule has 5 nitrogen and oxygen atoms in total. The molecular formula is C13H18F2N4O. The summed E-state index contributed by atoms with van der Waals surface area (Å²) >= 11 is 0.